The lowest BCUT2D eigenvalue weighted by molar-refractivity contribution is -0.122. The number of piperidine rings is 1. The lowest BCUT2D eigenvalue weighted by Gasteiger charge is -2.35. The van der Waals surface area contributed by atoms with Crippen molar-refractivity contribution in [2.75, 3.05) is 25.1 Å². The molecule has 1 aromatic carbocycles. The standard InChI is InChI=1S/C17H27N3O2.2ClH/c1-13(18)8-9-17(21)19-14-5-4-10-20(12-14)15-6-3-7-16(11-15)22-2;;/h3,6-7,11,13-14H,4-5,8-10,12,18H2,1-2H3,(H,19,21);2*1H. The molecule has 5 nitrogen and oxygen atoms in total. The Hall–Kier alpha value is -1.17. The summed E-state index contributed by atoms with van der Waals surface area (Å²) in [5.74, 6) is 0.968. The first-order valence-electron chi connectivity index (χ1n) is 8.02. The third-order valence-corrected chi connectivity index (χ3v) is 4.03. The minimum absolute atomic E-state index is 0. The molecular weight excluding hydrogens is 349 g/mol. The minimum Gasteiger partial charge on any atom is -0.497 e. The summed E-state index contributed by atoms with van der Waals surface area (Å²) in [6, 6.07) is 8.36. The van der Waals surface area contributed by atoms with Crippen LogP contribution in [0.4, 0.5) is 5.69 Å². The number of nitrogens with one attached hydrogen (secondary N) is 1. The number of nitrogens with two attached hydrogens (primary N) is 1. The lowest BCUT2D eigenvalue weighted by Crippen LogP contribution is -2.48. The average Bonchev–Trinajstić information content (AvgIpc) is 2.53. The van der Waals surface area contributed by atoms with E-state index in [1.54, 1.807) is 7.11 Å². The maximum atomic E-state index is 12.0. The van der Waals surface area contributed by atoms with Crippen LogP contribution in [-0.4, -0.2) is 38.2 Å². The predicted molar refractivity (Wildman–Crippen MR) is 104 cm³/mol. The zero-order valence-corrected chi connectivity index (χ0v) is 16.0. The Morgan fingerprint density at radius 1 is 1.46 bits per heavy atom. The highest BCUT2D eigenvalue weighted by Crippen LogP contribution is 2.24. The van der Waals surface area contributed by atoms with Crippen molar-refractivity contribution < 1.29 is 9.53 Å². The van der Waals surface area contributed by atoms with Gasteiger partial charge in [0, 0.05) is 43.3 Å². The molecule has 1 amide bonds. The van der Waals surface area contributed by atoms with E-state index in [-0.39, 0.29) is 42.8 Å². The van der Waals surface area contributed by atoms with Crippen LogP contribution >= 0.6 is 24.8 Å². The van der Waals surface area contributed by atoms with Crippen molar-refractivity contribution in [3.8, 4) is 5.75 Å². The van der Waals surface area contributed by atoms with Crippen molar-refractivity contribution in [1.82, 2.24) is 5.32 Å². The number of carbonyl (C=O) groups is 1. The molecule has 1 heterocycles. The second kappa shape index (κ2) is 11.4. The van der Waals surface area contributed by atoms with Gasteiger partial charge < -0.3 is 20.7 Å². The summed E-state index contributed by atoms with van der Waals surface area (Å²) in [6.45, 7) is 3.79. The molecule has 0 aromatic heterocycles. The van der Waals surface area contributed by atoms with Crippen molar-refractivity contribution in [2.24, 2.45) is 5.73 Å². The molecule has 0 saturated carbocycles. The fourth-order valence-corrected chi connectivity index (χ4v) is 2.80. The first kappa shape index (κ1) is 22.8. The number of halogens is 2. The second-order valence-corrected chi connectivity index (χ2v) is 6.07. The maximum absolute atomic E-state index is 12.0. The molecule has 2 rings (SSSR count). The fourth-order valence-electron chi connectivity index (χ4n) is 2.80. The molecule has 1 saturated heterocycles. The summed E-state index contributed by atoms with van der Waals surface area (Å²) >= 11 is 0. The van der Waals surface area contributed by atoms with Crippen LogP contribution in [0.1, 0.15) is 32.6 Å². The summed E-state index contributed by atoms with van der Waals surface area (Å²) < 4.78 is 5.28. The second-order valence-electron chi connectivity index (χ2n) is 6.07. The maximum Gasteiger partial charge on any atom is 0.220 e. The van der Waals surface area contributed by atoms with Crippen molar-refractivity contribution in [1.29, 1.82) is 0 Å². The van der Waals surface area contributed by atoms with Crippen LogP contribution in [0.15, 0.2) is 24.3 Å². The quantitative estimate of drug-likeness (QED) is 0.799. The third kappa shape index (κ3) is 7.16. The third-order valence-electron chi connectivity index (χ3n) is 4.03. The molecule has 0 spiro atoms. The largest absolute Gasteiger partial charge is 0.497 e. The molecule has 1 aliphatic rings. The van der Waals surface area contributed by atoms with E-state index in [1.165, 1.54) is 0 Å². The zero-order chi connectivity index (χ0) is 15.9. The number of benzene rings is 1. The number of amides is 1. The van der Waals surface area contributed by atoms with Gasteiger partial charge in [-0.3, -0.25) is 4.79 Å². The fraction of sp³-hybridized carbons (Fsp3) is 0.588. The zero-order valence-electron chi connectivity index (χ0n) is 14.4. The molecule has 2 atom stereocenters. The van der Waals surface area contributed by atoms with Gasteiger partial charge in [0.25, 0.3) is 0 Å². The Morgan fingerprint density at radius 2 is 2.21 bits per heavy atom. The Labute approximate surface area is 157 Å². The summed E-state index contributed by atoms with van der Waals surface area (Å²) in [6.07, 6.45) is 3.35. The normalized spacial score (nSPS) is 18.0. The van der Waals surface area contributed by atoms with Crippen LogP contribution in [0.3, 0.4) is 0 Å². The van der Waals surface area contributed by atoms with Gasteiger partial charge in [-0.05, 0) is 38.3 Å². The van der Waals surface area contributed by atoms with Crippen molar-refractivity contribution in [2.45, 2.75) is 44.7 Å². The summed E-state index contributed by atoms with van der Waals surface area (Å²) in [5, 5.41) is 3.14. The van der Waals surface area contributed by atoms with E-state index in [0.29, 0.717) is 6.42 Å². The molecule has 7 heteroatoms. The molecule has 138 valence electrons. The predicted octanol–water partition coefficient (Wildman–Crippen LogP) is 2.75. The van der Waals surface area contributed by atoms with Crippen LogP contribution in [0.2, 0.25) is 0 Å². The van der Waals surface area contributed by atoms with E-state index in [2.05, 4.69) is 16.3 Å². The molecule has 3 N–H and O–H groups in total. The monoisotopic (exact) mass is 377 g/mol. The van der Waals surface area contributed by atoms with Crippen LogP contribution in [0, 0.1) is 0 Å². The Balaban J connectivity index is 0.00000264. The van der Waals surface area contributed by atoms with Crippen molar-refractivity contribution in [3.05, 3.63) is 24.3 Å². The highest BCUT2D eigenvalue weighted by atomic mass is 35.5. The molecule has 0 radical (unpaired) electrons. The number of anilines is 1. The first-order valence-corrected chi connectivity index (χ1v) is 8.02. The number of hydrogen-bond donors (Lipinski definition) is 2. The molecule has 24 heavy (non-hydrogen) atoms. The van der Waals surface area contributed by atoms with Crippen LogP contribution < -0.4 is 20.7 Å². The topological polar surface area (TPSA) is 67.6 Å². The average molecular weight is 378 g/mol. The number of rotatable bonds is 6. The van der Waals surface area contributed by atoms with E-state index in [4.69, 9.17) is 10.5 Å². The molecule has 0 aliphatic carbocycles. The van der Waals surface area contributed by atoms with E-state index in [1.807, 2.05) is 25.1 Å². The highest BCUT2D eigenvalue weighted by molar-refractivity contribution is 5.85. The van der Waals surface area contributed by atoms with E-state index in [0.717, 1.165) is 43.8 Å². The van der Waals surface area contributed by atoms with Gasteiger partial charge in [-0.1, -0.05) is 6.07 Å². The number of carbonyl (C=O) groups excluding carboxylic acids is 1. The molecule has 2 unspecified atom stereocenters. The molecule has 1 fully saturated rings. The van der Waals surface area contributed by atoms with E-state index >= 15 is 0 Å². The van der Waals surface area contributed by atoms with Gasteiger partial charge in [-0.15, -0.1) is 24.8 Å². The van der Waals surface area contributed by atoms with Gasteiger partial charge in [0.2, 0.25) is 5.91 Å². The Morgan fingerprint density at radius 3 is 2.88 bits per heavy atom. The van der Waals surface area contributed by atoms with Crippen LogP contribution in [0.25, 0.3) is 0 Å². The molecule has 1 aromatic rings. The number of methoxy groups -OCH3 is 1. The van der Waals surface area contributed by atoms with Crippen molar-refractivity contribution in [3.63, 3.8) is 0 Å². The van der Waals surface area contributed by atoms with Gasteiger partial charge >= 0.3 is 0 Å². The summed E-state index contributed by atoms with van der Waals surface area (Å²) in [4.78, 5) is 14.3. The minimum atomic E-state index is 0. The molecule has 1 aliphatic heterocycles. The number of ether oxygens (including phenoxy) is 1. The molecule has 0 bridgehead atoms. The van der Waals surface area contributed by atoms with E-state index in [9.17, 15) is 4.79 Å². The van der Waals surface area contributed by atoms with Gasteiger partial charge in [-0.2, -0.15) is 0 Å². The van der Waals surface area contributed by atoms with Gasteiger partial charge in [0.15, 0.2) is 0 Å². The number of hydrogen-bond acceptors (Lipinski definition) is 4. The summed E-state index contributed by atoms with van der Waals surface area (Å²) in [5.41, 5.74) is 6.85. The smallest absolute Gasteiger partial charge is 0.220 e. The highest BCUT2D eigenvalue weighted by Gasteiger charge is 2.21. The Kier molecular flexibility index (Phi) is 10.8. The number of nitrogens with zero attached hydrogens (tertiary/aromatic N) is 1. The lowest BCUT2D eigenvalue weighted by atomic mass is 10.0. The van der Waals surface area contributed by atoms with Gasteiger partial charge in [0.05, 0.1) is 7.11 Å². The van der Waals surface area contributed by atoms with Crippen LogP contribution in [0.5, 0.6) is 5.75 Å². The molecular formula is C17H29Cl2N3O2. The summed E-state index contributed by atoms with van der Waals surface area (Å²) in [7, 11) is 1.68. The van der Waals surface area contributed by atoms with Gasteiger partial charge in [0.1, 0.15) is 5.75 Å². The van der Waals surface area contributed by atoms with Crippen LogP contribution in [-0.2, 0) is 4.79 Å². The van der Waals surface area contributed by atoms with Gasteiger partial charge in [-0.25, -0.2) is 0 Å². The Bertz CT molecular complexity index is 500. The van der Waals surface area contributed by atoms with E-state index < -0.39 is 0 Å². The van der Waals surface area contributed by atoms with Crippen molar-refractivity contribution >= 4 is 36.4 Å². The SMILES string of the molecule is COc1cccc(N2CCCC(NC(=O)CCC(C)N)C2)c1.Cl.Cl. The first-order chi connectivity index (χ1) is 10.6.